The zero-order valence-electron chi connectivity index (χ0n) is 13.6. The first-order valence-corrected chi connectivity index (χ1v) is 7.88. The summed E-state index contributed by atoms with van der Waals surface area (Å²) in [6.07, 6.45) is -4.77. The largest absolute Gasteiger partial charge is 0.573 e. The lowest BCUT2D eigenvalue weighted by Gasteiger charge is -2.13. The van der Waals surface area contributed by atoms with Gasteiger partial charge >= 0.3 is 12.3 Å². The minimum atomic E-state index is -4.77. The Labute approximate surface area is 153 Å². The van der Waals surface area contributed by atoms with Crippen molar-refractivity contribution in [3.8, 4) is 5.75 Å². The van der Waals surface area contributed by atoms with E-state index in [9.17, 15) is 18.0 Å². The van der Waals surface area contributed by atoms with E-state index in [-0.39, 0.29) is 17.5 Å². The fraction of sp³-hybridized carbons (Fsp3) is 0.176. The van der Waals surface area contributed by atoms with Gasteiger partial charge in [0.2, 0.25) is 0 Å². The van der Waals surface area contributed by atoms with Crippen molar-refractivity contribution < 1.29 is 27.4 Å². The molecule has 0 saturated carbocycles. The number of rotatable bonds is 5. The number of thiocarbonyl (C=S) groups is 1. The van der Waals surface area contributed by atoms with Crippen LogP contribution in [0.25, 0.3) is 0 Å². The molecule has 0 fully saturated rings. The molecule has 26 heavy (non-hydrogen) atoms. The first kappa shape index (κ1) is 19.5. The molecule has 5 nitrogen and oxygen atoms in total. The van der Waals surface area contributed by atoms with Crippen LogP contribution in [-0.2, 0) is 4.74 Å². The molecule has 138 valence electrons. The second-order valence-corrected chi connectivity index (χ2v) is 5.36. The summed E-state index contributed by atoms with van der Waals surface area (Å²) in [6.45, 7) is 2.00. The molecule has 0 spiro atoms. The fourth-order valence-corrected chi connectivity index (χ4v) is 2.20. The Balaban J connectivity index is 1.96. The van der Waals surface area contributed by atoms with Crippen molar-refractivity contribution in [3.05, 3.63) is 54.1 Å². The van der Waals surface area contributed by atoms with Gasteiger partial charge in [0.15, 0.2) is 5.11 Å². The summed E-state index contributed by atoms with van der Waals surface area (Å²) in [7, 11) is 0. The van der Waals surface area contributed by atoms with Crippen LogP contribution in [0.3, 0.4) is 0 Å². The van der Waals surface area contributed by atoms with Crippen molar-refractivity contribution in [1.29, 1.82) is 0 Å². The molecular weight excluding hydrogens is 369 g/mol. The number of benzene rings is 2. The smallest absolute Gasteiger partial charge is 0.462 e. The maximum atomic E-state index is 12.2. The lowest BCUT2D eigenvalue weighted by atomic mass is 10.2. The van der Waals surface area contributed by atoms with Crippen LogP contribution in [0.2, 0.25) is 0 Å². The van der Waals surface area contributed by atoms with Crippen molar-refractivity contribution in [1.82, 2.24) is 0 Å². The highest BCUT2D eigenvalue weighted by Crippen LogP contribution is 2.25. The van der Waals surface area contributed by atoms with E-state index < -0.39 is 12.3 Å². The van der Waals surface area contributed by atoms with Crippen LogP contribution in [0.1, 0.15) is 17.3 Å². The third-order valence-corrected chi connectivity index (χ3v) is 3.18. The Morgan fingerprint density at radius 2 is 1.73 bits per heavy atom. The van der Waals surface area contributed by atoms with Crippen LogP contribution in [0.5, 0.6) is 5.75 Å². The second kappa shape index (κ2) is 8.52. The highest BCUT2D eigenvalue weighted by molar-refractivity contribution is 7.80. The summed E-state index contributed by atoms with van der Waals surface area (Å²) in [5, 5.41) is 5.78. The Kier molecular flexibility index (Phi) is 6.40. The number of ether oxygens (including phenoxy) is 2. The molecule has 0 atom stereocenters. The molecule has 0 unspecified atom stereocenters. The first-order valence-electron chi connectivity index (χ1n) is 7.48. The van der Waals surface area contributed by atoms with E-state index in [1.54, 1.807) is 37.3 Å². The Hall–Kier alpha value is -2.81. The van der Waals surface area contributed by atoms with Crippen molar-refractivity contribution in [2.45, 2.75) is 13.3 Å². The molecule has 0 heterocycles. The maximum absolute atomic E-state index is 12.2. The zero-order valence-corrected chi connectivity index (χ0v) is 14.4. The van der Waals surface area contributed by atoms with Gasteiger partial charge in [-0.3, -0.25) is 0 Å². The van der Waals surface area contributed by atoms with Gasteiger partial charge < -0.3 is 20.1 Å². The van der Waals surface area contributed by atoms with Gasteiger partial charge in [0, 0.05) is 17.4 Å². The van der Waals surface area contributed by atoms with Gasteiger partial charge in [0.05, 0.1) is 12.2 Å². The standard InChI is InChI=1S/C17H15F3N2O3S/c1-2-24-15(23)11-6-8-12(9-7-11)21-16(26)22-13-4-3-5-14(10-13)25-17(18,19)20/h3-10H,2H2,1H3,(H2,21,22,26). The van der Waals surface area contributed by atoms with Gasteiger partial charge in [-0.1, -0.05) is 6.07 Å². The minimum Gasteiger partial charge on any atom is -0.462 e. The number of anilines is 2. The number of carbonyl (C=O) groups excluding carboxylic acids is 1. The number of halogens is 3. The molecule has 0 radical (unpaired) electrons. The van der Waals surface area contributed by atoms with Crippen molar-refractivity contribution in [2.24, 2.45) is 0 Å². The van der Waals surface area contributed by atoms with Gasteiger partial charge in [-0.05, 0) is 55.5 Å². The number of esters is 1. The summed E-state index contributed by atoms with van der Waals surface area (Å²) < 4.78 is 45.5. The first-order chi connectivity index (χ1) is 12.3. The fourth-order valence-electron chi connectivity index (χ4n) is 1.97. The number of hydrogen-bond acceptors (Lipinski definition) is 4. The lowest BCUT2D eigenvalue weighted by Crippen LogP contribution is -2.20. The Bertz CT molecular complexity index is 780. The number of alkyl halides is 3. The van der Waals surface area contributed by atoms with Gasteiger partial charge in [0.1, 0.15) is 5.75 Å². The lowest BCUT2D eigenvalue weighted by molar-refractivity contribution is -0.274. The summed E-state index contributed by atoms with van der Waals surface area (Å²) >= 11 is 5.12. The summed E-state index contributed by atoms with van der Waals surface area (Å²) in [5.74, 6) is -0.787. The van der Waals surface area contributed by atoms with E-state index in [0.717, 1.165) is 0 Å². The molecule has 0 bridgehead atoms. The SMILES string of the molecule is CCOC(=O)c1ccc(NC(=S)Nc2cccc(OC(F)(F)F)c2)cc1. The summed E-state index contributed by atoms with van der Waals surface area (Å²) in [6, 6.07) is 11.7. The number of carbonyl (C=O) groups is 1. The highest BCUT2D eigenvalue weighted by atomic mass is 32.1. The predicted octanol–water partition coefficient (Wildman–Crippen LogP) is 4.57. The van der Waals surface area contributed by atoms with Crippen molar-refractivity contribution in [3.63, 3.8) is 0 Å². The van der Waals surface area contributed by atoms with E-state index in [1.807, 2.05) is 0 Å². The quantitative estimate of drug-likeness (QED) is 0.582. The molecule has 0 aliphatic carbocycles. The Morgan fingerprint density at radius 1 is 1.08 bits per heavy atom. The summed E-state index contributed by atoms with van der Waals surface area (Å²) in [5.41, 5.74) is 1.32. The molecule has 2 rings (SSSR count). The van der Waals surface area contributed by atoms with E-state index in [2.05, 4.69) is 15.4 Å². The molecule has 0 aliphatic heterocycles. The van der Waals surface area contributed by atoms with Crippen LogP contribution in [0, 0.1) is 0 Å². The average molecular weight is 384 g/mol. The van der Waals surface area contributed by atoms with E-state index in [4.69, 9.17) is 17.0 Å². The topological polar surface area (TPSA) is 59.6 Å². The second-order valence-electron chi connectivity index (χ2n) is 4.95. The molecule has 0 saturated heterocycles. The van der Waals surface area contributed by atoms with E-state index in [0.29, 0.717) is 16.9 Å². The molecule has 2 aromatic carbocycles. The van der Waals surface area contributed by atoms with Gasteiger partial charge in [0.25, 0.3) is 0 Å². The normalized spacial score (nSPS) is 10.8. The van der Waals surface area contributed by atoms with Crippen LogP contribution < -0.4 is 15.4 Å². The molecular formula is C17H15F3N2O3S. The summed E-state index contributed by atoms with van der Waals surface area (Å²) in [4.78, 5) is 11.6. The van der Waals surface area contributed by atoms with Gasteiger partial charge in [-0.15, -0.1) is 13.2 Å². The van der Waals surface area contributed by atoms with Crippen LogP contribution in [0.4, 0.5) is 24.5 Å². The maximum Gasteiger partial charge on any atom is 0.573 e. The van der Waals surface area contributed by atoms with Gasteiger partial charge in [-0.2, -0.15) is 0 Å². The molecule has 0 aromatic heterocycles. The third-order valence-electron chi connectivity index (χ3n) is 2.98. The molecule has 2 aromatic rings. The van der Waals surface area contributed by atoms with Crippen LogP contribution in [-0.4, -0.2) is 24.1 Å². The van der Waals surface area contributed by atoms with Crippen molar-refractivity contribution >= 4 is 34.7 Å². The molecule has 9 heteroatoms. The predicted molar refractivity (Wildman–Crippen MR) is 95.4 cm³/mol. The number of hydrogen-bond donors (Lipinski definition) is 2. The highest BCUT2D eigenvalue weighted by Gasteiger charge is 2.31. The molecule has 2 N–H and O–H groups in total. The Morgan fingerprint density at radius 3 is 2.35 bits per heavy atom. The zero-order chi connectivity index (χ0) is 19.2. The molecule has 0 amide bonds. The van der Waals surface area contributed by atoms with Crippen LogP contribution in [0.15, 0.2) is 48.5 Å². The van der Waals surface area contributed by atoms with Crippen LogP contribution >= 0.6 is 12.2 Å². The van der Waals surface area contributed by atoms with Gasteiger partial charge in [-0.25, -0.2) is 4.79 Å². The third kappa shape index (κ3) is 6.25. The molecule has 0 aliphatic rings. The monoisotopic (exact) mass is 384 g/mol. The minimum absolute atomic E-state index is 0.165. The van der Waals surface area contributed by atoms with E-state index >= 15 is 0 Å². The number of nitrogens with one attached hydrogen (secondary N) is 2. The average Bonchev–Trinajstić information content (AvgIpc) is 2.54. The van der Waals surface area contributed by atoms with E-state index in [1.165, 1.54) is 18.2 Å². The van der Waals surface area contributed by atoms with Crippen molar-refractivity contribution in [2.75, 3.05) is 17.2 Å².